The van der Waals surface area contributed by atoms with Gasteiger partial charge in [-0.3, -0.25) is 19.3 Å². The fourth-order valence-corrected chi connectivity index (χ4v) is 3.86. The van der Waals surface area contributed by atoms with Crippen LogP contribution in [0.2, 0.25) is 0 Å². The van der Waals surface area contributed by atoms with Crippen LogP contribution in [0.4, 0.5) is 36.4 Å². The van der Waals surface area contributed by atoms with Gasteiger partial charge in [-0.2, -0.15) is 13.2 Å². The lowest BCUT2D eigenvalue weighted by Crippen LogP contribution is -2.34. The van der Waals surface area contributed by atoms with Crippen molar-refractivity contribution in [3.63, 3.8) is 0 Å². The van der Waals surface area contributed by atoms with Gasteiger partial charge in [0.05, 0.1) is 11.8 Å². The van der Waals surface area contributed by atoms with Crippen molar-refractivity contribution >= 4 is 23.4 Å². The van der Waals surface area contributed by atoms with Gasteiger partial charge in [-0.25, -0.2) is 17.6 Å². The summed E-state index contributed by atoms with van der Waals surface area (Å²) in [6.07, 6.45) is -3.77. The third kappa shape index (κ3) is 3.74. The second-order valence-electron chi connectivity index (χ2n) is 7.13. The Morgan fingerprint density at radius 3 is 1.80 bits per heavy atom. The van der Waals surface area contributed by atoms with Crippen molar-refractivity contribution in [3.05, 3.63) is 28.8 Å². The molecule has 3 rings (SSSR count). The van der Waals surface area contributed by atoms with E-state index in [9.17, 15) is 45.1 Å². The minimum Gasteiger partial charge on any atom is -0.321 e. The summed E-state index contributed by atoms with van der Waals surface area (Å²) >= 11 is 0. The molecule has 1 aromatic carbocycles. The first-order valence-corrected chi connectivity index (χ1v) is 9.03. The molecule has 1 saturated heterocycles. The Morgan fingerprint density at radius 1 is 0.900 bits per heavy atom. The second kappa shape index (κ2) is 7.88. The third-order valence-electron chi connectivity index (χ3n) is 5.31. The van der Waals surface area contributed by atoms with E-state index in [4.69, 9.17) is 0 Å². The van der Waals surface area contributed by atoms with Gasteiger partial charge >= 0.3 is 6.18 Å². The van der Waals surface area contributed by atoms with Crippen LogP contribution in [0.1, 0.15) is 37.7 Å². The van der Waals surface area contributed by atoms with Gasteiger partial charge in [0.15, 0.2) is 23.3 Å². The van der Waals surface area contributed by atoms with E-state index in [1.54, 1.807) is 0 Å². The number of likely N-dealkylation sites (tertiary alicyclic amines) is 1. The van der Waals surface area contributed by atoms with E-state index in [0.29, 0.717) is 12.8 Å². The van der Waals surface area contributed by atoms with Gasteiger partial charge < -0.3 is 5.32 Å². The van der Waals surface area contributed by atoms with Gasteiger partial charge in [0, 0.05) is 13.0 Å². The molecule has 1 aromatic rings. The molecule has 12 heteroatoms. The summed E-state index contributed by atoms with van der Waals surface area (Å²) < 4.78 is 92.7. The first kappa shape index (κ1) is 22.0. The number of nitrogens with zero attached hydrogens (tertiary/aromatic N) is 1. The summed E-state index contributed by atoms with van der Waals surface area (Å²) in [5.74, 6) is -13.4. The lowest BCUT2D eigenvalue weighted by atomic mass is 9.81. The molecule has 0 aromatic heterocycles. The normalized spacial score (nSPS) is 21.8. The number of hydrogen-bond donors (Lipinski definition) is 1. The highest BCUT2D eigenvalue weighted by Crippen LogP contribution is 2.39. The van der Waals surface area contributed by atoms with E-state index in [0.717, 1.165) is 17.7 Å². The molecule has 3 amide bonds. The van der Waals surface area contributed by atoms with E-state index in [-0.39, 0.29) is 0 Å². The molecule has 5 nitrogen and oxygen atoms in total. The summed E-state index contributed by atoms with van der Waals surface area (Å²) in [5, 5.41) is 1.47. The van der Waals surface area contributed by atoms with Crippen LogP contribution in [0, 0.1) is 35.1 Å². The van der Waals surface area contributed by atoms with Crippen LogP contribution >= 0.6 is 0 Å². The molecule has 0 radical (unpaired) electrons. The molecular weight excluding hydrogens is 425 g/mol. The molecule has 1 aliphatic heterocycles. The monoisotopic (exact) mass is 440 g/mol. The number of benzene rings is 1. The summed E-state index contributed by atoms with van der Waals surface area (Å²) in [6, 6.07) is 0. The van der Waals surface area contributed by atoms with E-state index in [1.165, 1.54) is 5.32 Å². The molecule has 1 saturated carbocycles. The molecule has 0 unspecified atom stereocenters. The maximum Gasteiger partial charge on any atom is 0.422 e. The predicted molar refractivity (Wildman–Crippen MR) is 86.7 cm³/mol. The van der Waals surface area contributed by atoms with Crippen LogP contribution in [-0.2, 0) is 20.6 Å². The molecule has 1 heterocycles. The Kier molecular flexibility index (Phi) is 5.79. The minimum atomic E-state index is -5.70. The number of amides is 3. The number of nitrogens with one attached hydrogen (secondary N) is 1. The summed E-state index contributed by atoms with van der Waals surface area (Å²) in [6.45, 7) is -0.439. The van der Waals surface area contributed by atoms with E-state index < -0.39 is 83.2 Å². The molecule has 0 spiro atoms. The van der Waals surface area contributed by atoms with Gasteiger partial charge in [0.2, 0.25) is 17.7 Å². The maximum absolute atomic E-state index is 13.8. The van der Waals surface area contributed by atoms with Gasteiger partial charge in [0.25, 0.3) is 0 Å². The van der Waals surface area contributed by atoms with Gasteiger partial charge in [-0.1, -0.05) is 12.8 Å². The topological polar surface area (TPSA) is 66.5 Å². The zero-order valence-electron chi connectivity index (χ0n) is 15.2. The van der Waals surface area contributed by atoms with Crippen LogP contribution in [0.15, 0.2) is 0 Å². The van der Waals surface area contributed by atoms with E-state index >= 15 is 0 Å². The highest BCUT2D eigenvalue weighted by Gasteiger charge is 2.48. The molecule has 30 heavy (non-hydrogen) atoms. The molecule has 2 fully saturated rings. The Balaban J connectivity index is 1.73. The summed E-state index contributed by atoms with van der Waals surface area (Å²) in [4.78, 5) is 37.4. The molecular formula is C18H15F7N2O3. The summed E-state index contributed by atoms with van der Waals surface area (Å²) in [5.41, 5.74) is -4.48. The molecule has 2 aliphatic rings. The molecule has 2 atom stereocenters. The maximum atomic E-state index is 13.8. The SMILES string of the molecule is O=C(CCN1C(=O)[C@H]2CCCC[C@H]2C1=O)Nc1c(F)c(F)c(C(F)(F)F)c(F)c1F. The highest BCUT2D eigenvalue weighted by atomic mass is 19.4. The van der Waals surface area contributed by atoms with E-state index in [2.05, 4.69) is 0 Å². The Morgan fingerprint density at radius 2 is 1.37 bits per heavy atom. The van der Waals surface area contributed by atoms with Crippen LogP contribution in [-0.4, -0.2) is 29.2 Å². The number of rotatable bonds is 4. The van der Waals surface area contributed by atoms with Gasteiger partial charge in [-0.15, -0.1) is 0 Å². The van der Waals surface area contributed by atoms with E-state index in [1.807, 2.05) is 0 Å². The first-order chi connectivity index (χ1) is 13.9. The van der Waals surface area contributed by atoms with Crippen molar-refractivity contribution in [2.45, 2.75) is 38.3 Å². The first-order valence-electron chi connectivity index (χ1n) is 9.03. The minimum absolute atomic E-state index is 0.439. The summed E-state index contributed by atoms with van der Waals surface area (Å²) in [7, 11) is 0. The number of alkyl halides is 3. The van der Waals surface area contributed by atoms with Crippen LogP contribution in [0.25, 0.3) is 0 Å². The molecule has 0 bridgehead atoms. The van der Waals surface area contributed by atoms with Crippen LogP contribution in [0.5, 0.6) is 0 Å². The number of imide groups is 1. The smallest absolute Gasteiger partial charge is 0.321 e. The fraction of sp³-hybridized carbons (Fsp3) is 0.500. The Hall–Kier alpha value is -2.66. The van der Waals surface area contributed by atoms with Crippen molar-refractivity contribution in [3.8, 4) is 0 Å². The zero-order valence-corrected chi connectivity index (χ0v) is 15.2. The third-order valence-corrected chi connectivity index (χ3v) is 5.31. The number of hydrogen-bond acceptors (Lipinski definition) is 3. The molecule has 164 valence electrons. The lowest BCUT2D eigenvalue weighted by molar-refractivity contribution is -0.143. The predicted octanol–water partition coefficient (Wildman–Crippen LogP) is 3.77. The quantitative estimate of drug-likeness (QED) is 0.441. The number of carbonyl (C=O) groups is 3. The van der Waals surface area contributed by atoms with Crippen molar-refractivity contribution in [2.75, 3.05) is 11.9 Å². The second-order valence-corrected chi connectivity index (χ2v) is 7.13. The van der Waals surface area contributed by atoms with Gasteiger partial charge in [0.1, 0.15) is 11.3 Å². The zero-order chi connectivity index (χ0) is 22.4. The van der Waals surface area contributed by atoms with Gasteiger partial charge in [-0.05, 0) is 12.8 Å². The molecule has 1 aliphatic carbocycles. The Bertz CT molecular complexity index is 863. The fourth-order valence-electron chi connectivity index (χ4n) is 3.86. The standard InChI is InChI=1S/C18H15F7N2O3/c19-11-10(18(23,24)25)12(20)14(22)15(13(11)21)26-9(28)5-6-27-16(29)7-3-1-2-4-8(7)17(27)30/h7-8H,1-6H2,(H,26,28)/t7-,8+. The average Bonchev–Trinajstić information content (AvgIpc) is 2.92. The largest absolute Gasteiger partial charge is 0.422 e. The van der Waals surface area contributed by atoms with Crippen molar-refractivity contribution in [1.82, 2.24) is 4.90 Å². The van der Waals surface area contributed by atoms with Crippen LogP contribution in [0.3, 0.4) is 0 Å². The van der Waals surface area contributed by atoms with Crippen molar-refractivity contribution < 1.29 is 45.1 Å². The average molecular weight is 440 g/mol. The Labute approximate surface area is 165 Å². The van der Waals surface area contributed by atoms with Crippen molar-refractivity contribution in [1.29, 1.82) is 0 Å². The lowest BCUT2D eigenvalue weighted by Gasteiger charge is -2.19. The number of anilines is 1. The number of carbonyl (C=O) groups excluding carboxylic acids is 3. The number of fused-ring (bicyclic) bond motifs is 1. The van der Waals surface area contributed by atoms with Crippen LogP contribution < -0.4 is 5.32 Å². The number of halogens is 7. The molecule has 1 N–H and O–H groups in total. The highest BCUT2D eigenvalue weighted by molar-refractivity contribution is 6.05. The van der Waals surface area contributed by atoms with Crippen molar-refractivity contribution in [2.24, 2.45) is 11.8 Å².